The van der Waals surface area contributed by atoms with E-state index in [0.717, 1.165) is 5.70 Å². The van der Waals surface area contributed by atoms with Crippen LogP contribution in [0, 0.1) is 5.92 Å². The van der Waals surface area contributed by atoms with Crippen molar-refractivity contribution in [3.05, 3.63) is 11.3 Å². The van der Waals surface area contributed by atoms with Crippen molar-refractivity contribution in [1.82, 2.24) is 0 Å². The van der Waals surface area contributed by atoms with E-state index in [1.54, 1.807) is 6.92 Å². The highest BCUT2D eigenvalue weighted by molar-refractivity contribution is 5.95. The number of hydrogen-bond acceptors (Lipinski definition) is 2. The summed E-state index contributed by atoms with van der Waals surface area (Å²) in [4.78, 5) is 10.8. The van der Waals surface area contributed by atoms with E-state index in [2.05, 4.69) is 10.2 Å². The fourth-order valence-corrected chi connectivity index (χ4v) is 0.907. The number of amides is 1. The summed E-state index contributed by atoms with van der Waals surface area (Å²) in [7, 11) is 0. The van der Waals surface area contributed by atoms with Crippen LogP contribution in [0.15, 0.2) is 21.5 Å². The summed E-state index contributed by atoms with van der Waals surface area (Å²) in [5, 5.41) is 7.18. The molecule has 0 atom stereocenters. The van der Waals surface area contributed by atoms with Gasteiger partial charge >= 0.3 is 0 Å². The number of carbonyl (C=O) groups excluding carboxylic acids is 1. The third-order valence-corrected chi connectivity index (χ3v) is 1.50. The monoisotopic (exact) mass is 138 g/mol. The van der Waals surface area contributed by atoms with E-state index >= 15 is 0 Å². The predicted octanol–water partition coefficient (Wildman–Crippen LogP) is 1.91. The van der Waals surface area contributed by atoms with E-state index in [9.17, 15) is 4.79 Å². The Balaban J connectivity index is 2.96. The lowest BCUT2D eigenvalue weighted by atomic mass is 10.1. The molecule has 0 fully saturated rings. The van der Waals surface area contributed by atoms with Crippen molar-refractivity contribution in [1.29, 1.82) is 0 Å². The van der Waals surface area contributed by atoms with Crippen molar-refractivity contribution >= 4 is 5.91 Å². The zero-order valence-corrected chi connectivity index (χ0v) is 6.38. The normalized spacial score (nSPS) is 17.8. The van der Waals surface area contributed by atoms with Gasteiger partial charge in [0.05, 0.1) is 5.70 Å². The first-order valence-electron chi connectivity index (χ1n) is 3.29. The molecule has 1 rings (SSSR count). The molecule has 0 unspecified atom stereocenters. The van der Waals surface area contributed by atoms with Crippen LogP contribution in [0.25, 0.3) is 0 Å². The van der Waals surface area contributed by atoms with Gasteiger partial charge in [-0.15, -0.1) is 5.11 Å². The Morgan fingerprint density at radius 3 is 2.10 bits per heavy atom. The highest BCUT2D eigenvalue weighted by Gasteiger charge is 2.18. The Labute approximate surface area is 59.8 Å². The third kappa shape index (κ3) is 0.988. The second-order valence-electron chi connectivity index (χ2n) is 2.67. The average molecular weight is 138 g/mol. The molecule has 3 heteroatoms. The first-order chi connectivity index (χ1) is 4.63. The summed E-state index contributed by atoms with van der Waals surface area (Å²) in [6, 6.07) is 0. The minimum absolute atomic E-state index is 0.191. The van der Waals surface area contributed by atoms with Gasteiger partial charge in [0.15, 0.2) is 0 Å². The molecule has 1 heterocycles. The van der Waals surface area contributed by atoms with Crippen LogP contribution >= 0.6 is 0 Å². The third-order valence-electron chi connectivity index (χ3n) is 1.50. The lowest BCUT2D eigenvalue weighted by Crippen LogP contribution is -1.95. The summed E-state index contributed by atoms with van der Waals surface area (Å²) >= 11 is 0. The molecule has 0 aromatic rings. The zero-order valence-electron chi connectivity index (χ0n) is 6.38. The minimum Gasteiger partial charge on any atom is -0.265 e. The second-order valence-corrected chi connectivity index (χ2v) is 2.67. The van der Waals surface area contributed by atoms with Gasteiger partial charge in [0.2, 0.25) is 0 Å². The highest BCUT2D eigenvalue weighted by Crippen LogP contribution is 2.22. The van der Waals surface area contributed by atoms with E-state index < -0.39 is 0 Å². The quantitative estimate of drug-likeness (QED) is 0.545. The molecule has 0 N–H and O–H groups in total. The average Bonchev–Trinajstić information content (AvgIpc) is 2.14. The molecular weight excluding hydrogens is 128 g/mol. The van der Waals surface area contributed by atoms with Crippen LogP contribution in [0.4, 0.5) is 0 Å². The number of allylic oxidation sites excluding steroid dienone is 1. The zero-order chi connectivity index (χ0) is 7.72. The van der Waals surface area contributed by atoms with Crippen LogP contribution in [0.1, 0.15) is 20.8 Å². The molecule has 10 heavy (non-hydrogen) atoms. The van der Waals surface area contributed by atoms with Crippen molar-refractivity contribution in [2.75, 3.05) is 0 Å². The molecule has 54 valence electrons. The van der Waals surface area contributed by atoms with E-state index in [4.69, 9.17) is 0 Å². The van der Waals surface area contributed by atoms with Gasteiger partial charge < -0.3 is 0 Å². The summed E-state index contributed by atoms with van der Waals surface area (Å²) in [6.45, 7) is 5.75. The first-order valence-corrected chi connectivity index (χ1v) is 3.29. The maximum atomic E-state index is 10.8. The Bertz CT molecular complexity index is 226. The minimum atomic E-state index is -0.191. The summed E-state index contributed by atoms with van der Waals surface area (Å²) < 4.78 is 0. The number of azo groups is 1. The lowest BCUT2D eigenvalue weighted by Gasteiger charge is -1.99. The van der Waals surface area contributed by atoms with E-state index in [1.807, 2.05) is 13.8 Å². The van der Waals surface area contributed by atoms with Crippen LogP contribution in [-0.2, 0) is 4.79 Å². The van der Waals surface area contributed by atoms with Gasteiger partial charge in [-0.05, 0) is 12.8 Å². The Morgan fingerprint density at radius 1 is 1.30 bits per heavy atom. The summed E-state index contributed by atoms with van der Waals surface area (Å²) in [6.07, 6.45) is 0. The van der Waals surface area contributed by atoms with Gasteiger partial charge in [0, 0.05) is 5.57 Å². The van der Waals surface area contributed by atoms with Gasteiger partial charge in [0.25, 0.3) is 5.91 Å². The van der Waals surface area contributed by atoms with Gasteiger partial charge in [-0.2, -0.15) is 5.11 Å². The van der Waals surface area contributed by atoms with Crippen LogP contribution in [0.3, 0.4) is 0 Å². The van der Waals surface area contributed by atoms with Crippen LogP contribution in [0.2, 0.25) is 0 Å². The lowest BCUT2D eigenvalue weighted by molar-refractivity contribution is -0.114. The molecule has 3 nitrogen and oxygen atoms in total. The van der Waals surface area contributed by atoms with Gasteiger partial charge in [-0.3, -0.25) is 4.79 Å². The molecule has 0 aromatic carbocycles. The molecule has 1 aliphatic rings. The van der Waals surface area contributed by atoms with Crippen LogP contribution in [0.5, 0.6) is 0 Å². The summed E-state index contributed by atoms with van der Waals surface area (Å²) in [5.74, 6) is 0.110. The topological polar surface area (TPSA) is 41.8 Å². The molecular formula is C7H10N2O. The second kappa shape index (κ2) is 2.33. The van der Waals surface area contributed by atoms with E-state index in [0.29, 0.717) is 11.5 Å². The number of rotatable bonds is 1. The Kier molecular flexibility index (Phi) is 1.66. The van der Waals surface area contributed by atoms with Gasteiger partial charge in [-0.25, -0.2) is 0 Å². The molecule has 0 radical (unpaired) electrons. The van der Waals surface area contributed by atoms with Crippen molar-refractivity contribution in [2.24, 2.45) is 16.1 Å². The Morgan fingerprint density at radius 2 is 1.90 bits per heavy atom. The molecule has 0 spiro atoms. The molecule has 0 bridgehead atoms. The van der Waals surface area contributed by atoms with Crippen molar-refractivity contribution < 1.29 is 4.79 Å². The molecule has 0 aromatic heterocycles. The molecule has 0 saturated heterocycles. The fourth-order valence-electron chi connectivity index (χ4n) is 0.907. The van der Waals surface area contributed by atoms with Crippen molar-refractivity contribution in [3.8, 4) is 0 Å². The summed E-state index contributed by atoms with van der Waals surface area (Å²) in [5.41, 5.74) is 1.51. The van der Waals surface area contributed by atoms with Crippen molar-refractivity contribution in [3.63, 3.8) is 0 Å². The number of nitrogens with zero attached hydrogens (tertiary/aromatic N) is 2. The van der Waals surface area contributed by atoms with Gasteiger partial charge in [-0.1, -0.05) is 13.8 Å². The molecule has 0 aliphatic carbocycles. The van der Waals surface area contributed by atoms with E-state index in [1.165, 1.54) is 0 Å². The predicted molar refractivity (Wildman–Crippen MR) is 37.4 cm³/mol. The van der Waals surface area contributed by atoms with Crippen molar-refractivity contribution in [2.45, 2.75) is 20.8 Å². The Hall–Kier alpha value is -0.990. The SMILES string of the molecule is CC1=C(C(C)C)N=NC1=O. The fraction of sp³-hybridized carbons (Fsp3) is 0.571. The number of carbonyl (C=O) groups is 1. The molecule has 1 aliphatic heterocycles. The number of hydrogen-bond donors (Lipinski definition) is 0. The smallest absolute Gasteiger partial charge is 0.265 e. The van der Waals surface area contributed by atoms with Crippen LogP contribution < -0.4 is 0 Å². The first kappa shape index (κ1) is 7.12. The standard InChI is InChI=1S/C7H10N2O/c1-4(2)6-5(3)7(10)9-8-6/h4H,1-3H3. The van der Waals surface area contributed by atoms with E-state index in [-0.39, 0.29) is 5.91 Å². The highest BCUT2D eigenvalue weighted by atomic mass is 16.2. The van der Waals surface area contributed by atoms with Crippen LogP contribution in [-0.4, -0.2) is 5.91 Å². The maximum absolute atomic E-state index is 10.8. The maximum Gasteiger partial charge on any atom is 0.292 e. The molecule has 0 saturated carbocycles. The largest absolute Gasteiger partial charge is 0.292 e. The molecule has 1 amide bonds. The van der Waals surface area contributed by atoms with Gasteiger partial charge in [0.1, 0.15) is 0 Å².